The van der Waals surface area contributed by atoms with E-state index in [1.54, 1.807) is 0 Å². The lowest BCUT2D eigenvalue weighted by Crippen LogP contribution is -2.29. The highest BCUT2D eigenvalue weighted by molar-refractivity contribution is 5.23. The molecule has 0 aromatic heterocycles. The van der Waals surface area contributed by atoms with Crippen LogP contribution in [0.5, 0.6) is 0 Å². The molecule has 1 rings (SSSR count). The fraction of sp³-hybridized carbons (Fsp3) is 0.333. The van der Waals surface area contributed by atoms with Crippen molar-refractivity contribution in [3.63, 3.8) is 0 Å². The zero-order valence-electron chi connectivity index (χ0n) is 8.17. The first-order valence-electron chi connectivity index (χ1n) is 4.41. The topological polar surface area (TPSA) is 26.0 Å². The van der Waals surface area contributed by atoms with E-state index < -0.39 is 0 Å². The Hall–Kier alpha value is -1.26. The SMILES string of the molecule is CC(C)(N)C#CCc1ccccc1. The number of benzene rings is 1. The molecule has 0 atom stereocenters. The second-order valence-electron chi connectivity index (χ2n) is 3.69. The van der Waals surface area contributed by atoms with Crippen LogP contribution < -0.4 is 5.73 Å². The summed E-state index contributed by atoms with van der Waals surface area (Å²) in [6.07, 6.45) is 0.779. The molecular formula is C12H15N. The smallest absolute Gasteiger partial charge is 0.0719 e. The van der Waals surface area contributed by atoms with Gasteiger partial charge in [-0.3, -0.25) is 0 Å². The minimum atomic E-state index is -0.380. The third kappa shape index (κ3) is 4.35. The Labute approximate surface area is 80.0 Å². The number of hydrogen-bond acceptors (Lipinski definition) is 1. The third-order valence-electron chi connectivity index (χ3n) is 1.55. The molecule has 1 aromatic rings. The van der Waals surface area contributed by atoms with Crippen LogP contribution in [0.15, 0.2) is 30.3 Å². The maximum absolute atomic E-state index is 5.73. The average Bonchev–Trinajstić information content (AvgIpc) is 2.04. The van der Waals surface area contributed by atoms with E-state index in [0.717, 1.165) is 6.42 Å². The minimum absolute atomic E-state index is 0.380. The molecule has 0 amide bonds. The summed E-state index contributed by atoms with van der Waals surface area (Å²) in [4.78, 5) is 0. The van der Waals surface area contributed by atoms with E-state index in [9.17, 15) is 0 Å². The Balaban J connectivity index is 2.56. The van der Waals surface area contributed by atoms with Crippen molar-refractivity contribution < 1.29 is 0 Å². The van der Waals surface area contributed by atoms with Gasteiger partial charge in [-0.2, -0.15) is 0 Å². The predicted octanol–water partition coefficient (Wildman–Crippen LogP) is 1.97. The molecule has 0 aliphatic heterocycles. The summed E-state index contributed by atoms with van der Waals surface area (Å²) < 4.78 is 0. The van der Waals surface area contributed by atoms with Crippen molar-refractivity contribution in [1.29, 1.82) is 0 Å². The Morgan fingerprint density at radius 1 is 1.23 bits per heavy atom. The van der Waals surface area contributed by atoms with Crippen molar-refractivity contribution in [2.45, 2.75) is 25.8 Å². The maximum atomic E-state index is 5.73. The molecule has 13 heavy (non-hydrogen) atoms. The van der Waals surface area contributed by atoms with Crippen molar-refractivity contribution >= 4 is 0 Å². The Bertz CT molecular complexity index is 308. The standard InChI is InChI=1S/C12H15N/c1-12(2,13)10-6-9-11-7-4-3-5-8-11/h3-5,7-8H,9,13H2,1-2H3. The van der Waals surface area contributed by atoms with Crippen molar-refractivity contribution in [3.8, 4) is 11.8 Å². The number of rotatable bonds is 1. The summed E-state index contributed by atoms with van der Waals surface area (Å²) in [5.41, 5.74) is 6.58. The monoisotopic (exact) mass is 173 g/mol. The van der Waals surface area contributed by atoms with E-state index in [0.29, 0.717) is 0 Å². The molecule has 0 aliphatic rings. The van der Waals surface area contributed by atoms with E-state index in [4.69, 9.17) is 5.73 Å². The van der Waals surface area contributed by atoms with Gasteiger partial charge in [-0.25, -0.2) is 0 Å². The van der Waals surface area contributed by atoms with Crippen molar-refractivity contribution in [1.82, 2.24) is 0 Å². The fourth-order valence-corrected chi connectivity index (χ4v) is 0.970. The molecule has 0 spiro atoms. The Morgan fingerprint density at radius 2 is 1.85 bits per heavy atom. The molecule has 0 radical (unpaired) electrons. The molecule has 0 aliphatic carbocycles. The highest BCUT2D eigenvalue weighted by Gasteiger charge is 2.02. The van der Waals surface area contributed by atoms with Crippen LogP contribution in [0, 0.1) is 11.8 Å². The average molecular weight is 173 g/mol. The number of nitrogens with two attached hydrogens (primary N) is 1. The van der Waals surface area contributed by atoms with Crippen LogP contribution in [-0.2, 0) is 6.42 Å². The molecule has 0 unspecified atom stereocenters. The highest BCUT2D eigenvalue weighted by atomic mass is 14.7. The van der Waals surface area contributed by atoms with Gasteiger partial charge in [-0.15, -0.1) is 0 Å². The molecule has 1 aromatic carbocycles. The summed E-state index contributed by atoms with van der Waals surface area (Å²) in [6, 6.07) is 10.2. The van der Waals surface area contributed by atoms with Crippen LogP contribution in [0.3, 0.4) is 0 Å². The van der Waals surface area contributed by atoms with Gasteiger partial charge in [-0.1, -0.05) is 42.2 Å². The van der Waals surface area contributed by atoms with Crippen molar-refractivity contribution in [2.75, 3.05) is 0 Å². The van der Waals surface area contributed by atoms with Gasteiger partial charge in [0.1, 0.15) is 0 Å². The fourth-order valence-electron chi connectivity index (χ4n) is 0.970. The maximum Gasteiger partial charge on any atom is 0.0719 e. The van der Waals surface area contributed by atoms with Gasteiger partial charge in [0.05, 0.1) is 5.54 Å². The van der Waals surface area contributed by atoms with Gasteiger partial charge in [0.2, 0.25) is 0 Å². The molecule has 0 saturated carbocycles. The van der Waals surface area contributed by atoms with E-state index in [-0.39, 0.29) is 5.54 Å². The molecule has 1 nitrogen and oxygen atoms in total. The van der Waals surface area contributed by atoms with Gasteiger partial charge in [0.15, 0.2) is 0 Å². The highest BCUT2D eigenvalue weighted by Crippen LogP contribution is 1.99. The van der Waals surface area contributed by atoms with Crippen LogP contribution in [0.4, 0.5) is 0 Å². The van der Waals surface area contributed by atoms with Gasteiger partial charge >= 0.3 is 0 Å². The first kappa shape index (κ1) is 9.83. The molecule has 0 bridgehead atoms. The normalized spacial score (nSPS) is 10.4. The van der Waals surface area contributed by atoms with Gasteiger partial charge < -0.3 is 5.73 Å². The first-order chi connectivity index (χ1) is 6.08. The molecule has 0 saturated heterocycles. The zero-order valence-corrected chi connectivity index (χ0v) is 8.17. The van der Waals surface area contributed by atoms with E-state index in [2.05, 4.69) is 24.0 Å². The van der Waals surface area contributed by atoms with Gasteiger partial charge in [0, 0.05) is 6.42 Å². The second kappa shape index (κ2) is 4.11. The van der Waals surface area contributed by atoms with Crippen LogP contribution in [-0.4, -0.2) is 5.54 Å². The first-order valence-corrected chi connectivity index (χ1v) is 4.41. The summed E-state index contributed by atoms with van der Waals surface area (Å²) in [7, 11) is 0. The van der Waals surface area contributed by atoms with Crippen LogP contribution in [0.2, 0.25) is 0 Å². The van der Waals surface area contributed by atoms with E-state index in [1.165, 1.54) is 5.56 Å². The van der Waals surface area contributed by atoms with Crippen LogP contribution >= 0.6 is 0 Å². The summed E-state index contributed by atoms with van der Waals surface area (Å²) in [6.45, 7) is 3.82. The summed E-state index contributed by atoms with van der Waals surface area (Å²) in [5.74, 6) is 6.06. The predicted molar refractivity (Wildman–Crippen MR) is 56.2 cm³/mol. The van der Waals surface area contributed by atoms with Crippen molar-refractivity contribution in [3.05, 3.63) is 35.9 Å². The molecule has 68 valence electrons. The minimum Gasteiger partial charge on any atom is -0.316 e. The van der Waals surface area contributed by atoms with Gasteiger partial charge in [-0.05, 0) is 19.4 Å². The van der Waals surface area contributed by atoms with E-state index in [1.807, 2.05) is 32.0 Å². The summed E-state index contributed by atoms with van der Waals surface area (Å²) >= 11 is 0. The van der Waals surface area contributed by atoms with Crippen LogP contribution in [0.1, 0.15) is 19.4 Å². The van der Waals surface area contributed by atoms with Crippen molar-refractivity contribution in [2.24, 2.45) is 5.73 Å². The lowest BCUT2D eigenvalue weighted by molar-refractivity contribution is 0.680. The Kier molecular flexibility index (Phi) is 3.11. The second-order valence-corrected chi connectivity index (χ2v) is 3.69. The summed E-state index contributed by atoms with van der Waals surface area (Å²) in [5, 5.41) is 0. The zero-order chi connectivity index (χ0) is 9.73. The van der Waals surface area contributed by atoms with Crippen LogP contribution in [0.25, 0.3) is 0 Å². The Morgan fingerprint density at radius 3 is 2.38 bits per heavy atom. The number of hydrogen-bond donors (Lipinski definition) is 1. The lowest BCUT2D eigenvalue weighted by Gasteiger charge is -2.07. The molecule has 2 N–H and O–H groups in total. The quantitative estimate of drug-likeness (QED) is 0.645. The lowest BCUT2D eigenvalue weighted by atomic mass is 10.1. The molecule has 1 heteroatoms. The van der Waals surface area contributed by atoms with Gasteiger partial charge in [0.25, 0.3) is 0 Å². The molecular weight excluding hydrogens is 158 g/mol. The van der Waals surface area contributed by atoms with E-state index >= 15 is 0 Å². The molecule has 0 fully saturated rings. The largest absolute Gasteiger partial charge is 0.316 e. The third-order valence-corrected chi connectivity index (χ3v) is 1.55. The molecule has 0 heterocycles.